The Bertz CT molecular complexity index is 301. The minimum absolute atomic E-state index is 0.314. The first kappa shape index (κ1) is 18.6. The predicted molar refractivity (Wildman–Crippen MR) is 85.1 cm³/mol. The first-order valence-corrected chi connectivity index (χ1v) is 10.4. The molecule has 0 aliphatic heterocycles. The van der Waals surface area contributed by atoms with Crippen LogP contribution in [-0.4, -0.2) is 23.4 Å². The molecule has 1 rings (SSSR count). The summed E-state index contributed by atoms with van der Waals surface area (Å²) in [7, 11) is -3.82. The first-order chi connectivity index (χ1) is 9.59. The maximum Gasteiger partial charge on any atom is 0.472 e. The number of unbranched alkanes of at least 4 members (excludes halogenated alkanes) is 6. The van der Waals surface area contributed by atoms with Gasteiger partial charge in [-0.05, 0) is 24.7 Å². The summed E-state index contributed by atoms with van der Waals surface area (Å²) in [5.41, 5.74) is 0. The number of hydrogen-bond donors (Lipinski definition) is 1. The smallest absolute Gasteiger partial charge is 0.302 e. The van der Waals surface area contributed by atoms with Gasteiger partial charge in [-0.2, -0.15) is 0 Å². The van der Waals surface area contributed by atoms with E-state index >= 15 is 0 Å². The monoisotopic (exact) mass is 370 g/mol. The van der Waals surface area contributed by atoms with Crippen molar-refractivity contribution in [3.63, 3.8) is 0 Å². The second-order valence-electron chi connectivity index (χ2n) is 5.63. The topological polar surface area (TPSA) is 55.8 Å². The van der Waals surface area contributed by atoms with Gasteiger partial charge in [0.15, 0.2) is 0 Å². The standard InChI is InChI=1S/C14H28BrO4P/c1-2-3-4-5-6-7-8-9-18-20(16,17)19-12-14-10-13(14)11-15/h13-14H,2-12H2,1H3,(H,16,17). The van der Waals surface area contributed by atoms with Crippen molar-refractivity contribution >= 4 is 23.8 Å². The molecule has 1 saturated carbocycles. The molecule has 1 fully saturated rings. The Balaban J connectivity index is 1.93. The van der Waals surface area contributed by atoms with E-state index in [-0.39, 0.29) is 0 Å². The van der Waals surface area contributed by atoms with Gasteiger partial charge in [0.05, 0.1) is 13.2 Å². The van der Waals surface area contributed by atoms with Crippen LogP contribution in [0, 0.1) is 11.8 Å². The zero-order valence-corrected chi connectivity index (χ0v) is 14.9. The van der Waals surface area contributed by atoms with Gasteiger partial charge in [-0.1, -0.05) is 61.4 Å². The third-order valence-electron chi connectivity index (χ3n) is 3.72. The lowest BCUT2D eigenvalue weighted by molar-refractivity contribution is 0.141. The molecule has 0 amide bonds. The molecule has 1 aliphatic rings. The molecule has 0 aromatic carbocycles. The van der Waals surface area contributed by atoms with Crippen molar-refractivity contribution in [2.45, 2.75) is 58.3 Å². The normalized spacial score (nSPS) is 24.6. The van der Waals surface area contributed by atoms with Crippen molar-refractivity contribution in [2.24, 2.45) is 11.8 Å². The van der Waals surface area contributed by atoms with Crippen LogP contribution >= 0.6 is 23.8 Å². The van der Waals surface area contributed by atoms with Crippen LogP contribution in [0.2, 0.25) is 0 Å². The van der Waals surface area contributed by atoms with E-state index in [1.807, 2.05) is 0 Å². The summed E-state index contributed by atoms with van der Waals surface area (Å²) < 4.78 is 21.6. The van der Waals surface area contributed by atoms with Gasteiger partial charge in [-0.3, -0.25) is 9.05 Å². The van der Waals surface area contributed by atoms with Crippen molar-refractivity contribution in [1.29, 1.82) is 0 Å². The fourth-order valence-corrected chi connectivity index (χ4v) is 3.78. The highest BCUT2D eigenvalue weighted by Gasteiger charge is 2.38. The van der Waals surface area contributed by atoms with E-state index in [0.29, 0.717) is 25.0 Å². The molecule has 1 N–H and O–H groups in total. The molecule has 3 unspecified atom stereocenters. The highest BCUT2D eigenvalue weighted by atomic mass is 79.9. The lowest BCUT2D eigenvalue weighted by Crippen LogP contribution is -2.01. The highest BCUT2D eigenvalue weighted by molar-refractivity contribution is 9.09. The molecular formula is C14H28BrO4P. The summed E-state index contributed by atoms with van der Waals surface area (Å²) in [5, 5.41) is 0.940. The average molecular weight is 371 g/mol. The summed E-state index contributed by atoms with van der Waals surface area (Å²) in [5.74, 6) is 1.01. The maximum absolute atomic E-state index is 11.6. The average Bonchev–Trinajstić information content (AvgIpc) is 3.18. The van der Waals surface area contributed by atoms with Crippen LogP contribution < -0.4 is 0 Å². The van der Waals surface area contributed by atoms with E-state index in [4.69, 9.17) is 9.05 Å². The summed E-state index contributed by atoms with van der Waals surface area (Å²) in [6.45, 7) is 2.85. The fourth-order valence-electron chi connectivity index (χ4n) is 2.17. The SMILES string of the molecule is CCCCCCCCCOP(=O)(O)OCC1CC1CBr. The van der Waals surface area contributed by atoms with E-state index in [0.717, 1.165) is 24.6 Å². The molecule has 0 aromatic rings. The molecule has 20 heavy (non-hydrogen) atoms. The van der Waals surface area contributed by atoms with Crippen molar-refractivity contribution in [3.8, 4) is 0 Å². The van der Waals surface area contributed by atoms with Gasteiger partial charge in [0.25, 0.3) is 0 Å². The number of phosphoric ester groups is 1. The minimum atomic E-state index is -3.82. The van der Waals surface area contributed by atoms with E-state index in [1.54, 1.807) is 0 Å². The second-order valence-corrected chi connectivity index (χ2v) is 7.73. The molecule has 0 spiro atoms. The van der Waals surface area contributed by atoms with Crippen molar-refractivity contribution in [2.75, 3.05) is 18.5 Å². The Hall–Kier alpha value is 0.590. The Morgan fingerprint density at radius 2 is 1.75 bits per heavy atom. The second kappa shape index (κ2) is 10.3. The molecule has 1 aliphatic carbocycles. The molecule has 0 bridgehead atoms. The van der Waals surface area contributed by atoms with Gasteiger partial charge < -0.3 is 4.89 Å². The molecule has 0 saturated heterocycles. The van der Waals surface area contributed by atoms with Gasteiger partial charge in [0.1, 0.15) is 0 Å². The Kier molecular flexibility index (Phi) is 9.63. The van der Waals surface area contributed by atoms with Gasteiger partial charge in [0, 0.05) is 5.33 Å². The van der Waals surface area contributed by atoms with Crippen LogP contribution in [0.3, 0.4) is 0 Å². The third-order valence-corrected chi connectivity index (χ3v) is 5.54. The van der Waals surface area contributed by atoms with Crippen molar-refractivity contribution in [1.82, 2.24) is 0 Å². The zero-order valence-electron chi connectivity index (χ0n) is 12.4. The number of rotatable bonds is 13. The predicted octanol–water partition coefficient (Wildman–Crippen LogP) is 4.90. The van der Waals surface area contributed by atoms with Crippen LogP contribution in [0.15, 0.2) is 0 Å². The van der Waals surface area contributed by atoms with Gasteiger partial charge in [-0.25, -0.2) is 4.57 Å². The Morgan fingerprint density at radius 1 is 1.10 bits per heavy atom. The molecule has 0 aromatic heterocycles. The number of halogens is 1. The van der Waals surface area contributed by atoms with E-state index in [1.165, 1.54) is 32.1 Å². The first-order valence-electron chi connectivity index (χ1n) is 7.77. The number of hydrogen-bond acceptors (Lipinski definition) is 3. The molecule has 120 valence electrons. The van der Waals surface area contributed by atoms with Gasteiger partial charge >= 0.3 is 7.82 Å². The summed E-state index contributed by atoms with van der Waals surface area (Å²) in [6, 6.07) is 0. The molecule has 3 atom stereocenters. The summed E-state index contributed by atoms with van der Waals surface area (Å²) in [4.78, 5) is 9.52. The highest BCUT2D eigenvalue weighted by Crippen LogP contribution is 2.48. The van der Waals surface area contributed by atoms with Crippen LogP contribution in [0.4, 0.5) is 0 Å². The largest absolute Gasteiger partial charge is 0.472 e. The number of phosphoric acid groups is 1. The van der Waals surface area contributed by atoms with Gasteiger partial charge in [-0.15, -0.1) is 0 Å². The lowest BCUT2D eigenvalue weighted by atomic mass is 10.1. The van der Waals surface area contributed by atoms with Crippen LogP contribution in [0.5, 0.6) is 0 Å². The van der Waals surface area contributed by atoms with Crippen molar-refractivity contribution < 1.29 is 18.5 Å². The summed E-state index contributed by atoms with van der Waals surface area (Å²) >= 11 is 3.40. The molecule has 6 heteroatoms. The molecule has 4 nitrogen and oxygen atoms in total. The zero-order chi connectivity index (χ0) is 14.8. The van der Waals surface area contributed by atoms with Crippen molar-refractivity contribution in [3.05, 3.63) is 0 Å². The molecule has 0 radical (unpaired) electrons. The summed E-state index contributed by atoms with van der Waals surface area (Å²) in [6.07, 6.45) is 9.22. The lowest BCUT2D eigenvalue weighted by Gasteiger charge is -2.11. The van der Waals surface area contributed by atoms with Crippen LogP contribution in [0.1, 0.15) is 58.3 Å². The Labute approximate surface area is 131 Å². The molecule has 0 heterocycles. The fraction of sp³-hybridized carbons (Fsp3) is 1.00. The quantitative estimate of drug-likeness (QED) is 0.284. The maximum atomic E-state index is 11.6. The van der Waals surface area contributed by atoms with E-state index in [9.17, 15) is 9.46 Å². The van der Waals surface area contributed by atoms with Gasteiger partial charge in [0.2, 0.25) is 0 Å². The number of alkyl halides is 1. The van der Waals surface area contributed by atoms with Crippen LogP contribution in [0.25, 0.3) is 0 Å². The minimum Gasteiger partial charge on any atom is -0.302 e. The Morgan fingerprint density at radius 3 is 2.35 bits per heavy atom. The third kappa shape index (κ3) is 8.78. The van der Waals surface area contributed by atoms with E-state index < -0.39 is 7.82 Å². The van der Waals surface area contributed by atoms with Crippen LogP contribution in [-0.2, 0) is 13.6 Å². The molecular weight excluding hydrogens is 343 g/mol. The van der Waals surface area contributed by atoms with E-state index in [2.05, 4.69) is 22.9 Å².